The van der Waals surface area contributed by atoms with Gasteiger partial charge in [-0.2, -0.15) is 0 Å². The Labute approximate surface area is 99.6 Å². The van der Waals surface area contributed by atoms with Crippen molar-refractivity contribution in [2.45, 2.75) is 25.9 Å². The molecule has 2 N–H and O–H groups in total. The molecular formula is C12H17BrN2. The van der Waals surface area contributed by atoms with Gasteiger partial charge in [0, 0.05) is 23.6 Å². The van der Waals surface area contributed by atoms with Crippen LogP contribution in [0.15, 0.2) is 22.7 Å². The zero-order chi connectivity index (χ0) is 10.7. The van der Waals surface area contributed by atoms with Crippen LogP contribution in [0.25, 0.3) is 0 Å². The lowest BCUT2D eigenvalue weighted by Gasteiger charge is -2.27. The van der Waals surface area contributed by atoms with E-state index in [1.165, 1.54) is 15.6 Å². The summed E-state index contributed by atoms with van der Waals surface area (Å²) in [6.45, 7) is 5.23. The highest BCUT2D eigenvalue weighted by Gasteiger charge is 2.18. The van der Waals surface area contributed by atoms with Crippen LogP contribution in [0.3, 0.4) is 0 Å². The Hall–Kier alpha value is -0.380. The third-order valence-corrected chi connectivity index (χ3v) is 3.63. The van der Waals surface area contributed by atoms with Crippen LogP contribution in [0.4, 0.5) is 0 Å². The smallest absolute Gasteiger partial charge is 0.0236 e. The molecule has 1 atom stereocenters. The molecule has 82 valence electrons. The maximum atomic E-state index is 3.60. The zero-order valence-corrected chi connectivity index (χ0v) is 10.6. The van der Waals surface area contributed by atoms with Gasteiger partial charge in [0.1, 0.15) is 0 Å². The molecule has 1 unspecified atom stereocenters. The van der Waals surface area contributed by atoms with Gasteiger partial charge in [-0.1, -0.05) is 35.0 Å². The topological polar surface area (TPSA) is 24.1 Å². The van der Waals surface area contributed by atoms with Gasteiger partial charge < -0.3 is 10.6 Å². The fourth-order valence-electron chi connectivity index (χ4n) is 2.04. The lowest BCUT2D eigenvalue weighted by Crippen LogP contribution is -2.43. The number of likely N-dealkylation sites (N-methyl/N-ethyl adjacent to an activating group) is 1. The summed E-state index contributed by atoms with van der Waals surface area (Å²) in [4.78, 5) is 0. The quantitative estimate of drug-likeness (QED) is 0.877. The molecule has 1 aliphatic heterocycles. The Bertz CT molecular complexity index is 338. The van der Waals surface area contributed by atoms with E-state index < -0.39 is 0 Å². The van der Waals surface area contributed by atoms with Gasteiger partial charge in [0.2, 0.25) is 0 Å². The van der Waals surface area contributed by atoms with Gasteiger partial charge in [-0.25, -0.2) is 0 Å². The van der Waals surface area contributed by atoms with Crippen LogP contribution in [0, 0.1) is 0 Å². The zero-order valence-electron chi connectivity index (χ0n) is 9.02. The van der Waals surface area contributed by atoms with Gasteiger partial charge in [0.25, 0.3) is 0 Å². The molecule has 0 spiro atoms. The number of hydrogen-bond donors (Lipinski definition) is 2. The lowest BCUT2D eigenvalue weighted by molar-refractivity contribution is 0.452. The van der Waals surface area contributed by atoms with Crippen LogP contribution < -0.4 is 10.6 Å². The van der Waals surface area contributed by atoms with E-state index in [2.05, 4.69) is 51.7 Å². The highest BCUT2D eigenvalue weighted by Crippen LogP contribution is 2.24. The Morgan fingerprint density at radius 3 is 3.20 bits per heavy atom. The summed E-state index contributed by atoms with van der Waals surface area (Å²) in [5.41, 5.74) is 2.90. The van der Waals surface area contributed by atoms with E-state index in [4.69, 9.17) is 0 Å². The molecule has 1 aliphatic rings. The molecule has 1 heterocycles. The standard InChI is InChI=1S/C12H17BrN2/c1-2-14-7-10-6-9-4-3-5-12(13)11(9)8-15-10/h3-5,10,14-15H,2,6-8H2,1H3. The molecular weight excluding hydrogens is 252 g/mol. The largest absolute Gasteiger partial charge is 0.315 e. The Morgan fingerprint density at radius 1 is 1.53 bits per heavy atom. The van der Waals surface area contributed by atoms with E-state index >= 15 is 0 Å². The first kappa shape index (κ1) is 11.1. The molecule has 0 aliphatic carbocycles. The highest BCUT2D eigenvalue weighted by molar-refractivity contribution is 9.10. The van der Waals surface area contributed by atoms with Gasteiger partial charge in [0.05, 0.1) is 0 Å². The molecule has 0 amide bonds. The second-order valence-electron chi connectivity index (χ2n) is 3.97. The Morgan fingerprint density at radius 2 is 2.40 bits per heavy atom. The van der Waals surface area contributed by atoms with Crippen molar-refractivity contribution >= 4 is 15.9 Å². The molecule has 15 heavy (non-hydrogen) atoms. The van der Waals surface area contributed by atoms with Gasteiger partial charge in [-0.3, -0.25) is 0 Å². The van der Waals surface area contributed by atoms with Crippen molar-refractivity contribution in [1.82, 2.24) is 10.6 Å². The fraction of sp³-hybridized carbons (Fsp3) is 0.500. The normalized spacial score (nSPS) is 20.0. The van der Waals surface area contributed by atoms with Gasteiger partial charge in [0.15, 0.2) is 0 Å². The second kappa shape index (κ2) is 5.10. The van der Waals surface area contributed by atoms with Crippen LogP contribution in [0.5, 0.6) is 0 Å². The van der Waals surface area contributed by atoms with E-state index in [9.17, 15) is 0 Å². The maximum Gasteiger partial charge on any atom is 0.0236 e. The minimum absolute atomic E-state index is 0.576. The number of fused-ring (bicyclic) bond motifs is 1. The van der Waals surface area contributed by atoms with Crippen molar-refractivity contribution in [2.75, 3.05) is 13.1 Å². The van der Waals surface area contributed by atoms with Gasteiger partial charge in [-0.05, 0) is 30.2 Å². The molecule has 2 nitrogen and oxygen atoms in total. The molecule has 1 aromatic rings. The molecule has 2 rings (SSSR count). The lowest BCUT2D eigenvalue weighted by atomic mass is 9.96. The summed E-state index contributed by atoms with van der Waals surface area (Å²) in [5, 5.41) is 6.95. The molecule has 3 heteroatoms. The van der Waals surface area contributed by atoms with E-state index in [0.717, 1.165) is 26.1 Å². The first-order valence-electron chi connectivity index (χ1n) is 5.51. The molecule has 0 aromatic heterocycles. The van der Waals surface area contributed by atoms with Crippen molar-refractivity contribution < 1.29 is 0 Å². The SMILES string of the molecule is CCNCC1Cc2cccc(Br)c2CN1. The molecule has 0 saturated carbocycles. The van der Waals surface area contributed by atoms with E-state index in [1.54, 1.807) is 0 Å². The number of rotatable bonds is 3. The van der Waals surface area contributed by atoms with Crippen molar-refractivity contribution in [3.05, 3.63) is 33.8 Å². The van der Waals surface area contributed by atoms with Crippen LogP contribution in [0.1, 0.15) is 18.1 Å². The van der Waals surface area contributed by atoms with E-state index in [1.807, 2.05) is 0 Å². The van der Waals surface area contributed by atoms with Crippen LogP contribution >= 0.6 is 15.9 Å². The summed E-state index contributed by atoms with van der Waals surface area (Å²) < 4.78 is 1.23. The fourth-order valence-corrected chi connectivity index (χ4v) is 2.59. The first-order chi connectivity index (χ1) is 7.31. The first-order valence-corrected chi connectivity index (χ1v) is 6.31. The molecule has 0 radical (unpaired) electrons. The summed E-state index contributed by atoms with van der Waals surface area (Å²) in [5.74, 6) is 0. The predicted molar refractivity (Wildman–Crippen MR) is 67.0 cm³/mol. The predicted octanol–water partition coefficient (Wildman–Crippen LogP) is 2.07. The van der Waals surface area contributed by atoms with Crippen molar-refractivity contribution in [3.63, 3.8) is 0 Å². The monoisotopic (exact) mass is 268 g/mol. The van der Waals surface area contributed by atoms with Crippen molar-refractivity contribution in [2.24, 2.45) is 0 Å². The van der Waals surface area contributed by atoms with E-state index in [0.29, 0.717) is 6.04 Å². The molecule has 0 bridgehead atoms. The minimum atomic E-state index is 0.576. The third-order valence-electron chi connectivity index (χ3n) is 2.89. The van der Waals surface area contributed by atoms with Crippen molar-refractivity contribution in [1.29, 1.82) is 0 Å². The summed E-state index contributed by atoms with van der Waals surface area (Å²) >= 11 is 3.60. The van der Waals surface area contributed by atoms with Crippen LogP contribution in [-0.4, -0.2) is 19.1 Å². The molecule has 1 aromatic carbocycles. The average Bonchev–Trinajstić information content (AvgIpc) is 2.26. The summed E-state index contributed by atoms with van der Waals surface area (Å²) in [6.07, 6.45) is 1.13. The summed E-state index contributed by atoms with van der Waals surface area (Å²) in [6, 6.07) is 7.05. The Balaban J connectivity index is 2.07. The number of halogens is 1. The highest BCUT2D eigenvalue weighted by atomic mass is 79.9. The maximum absolute atomic E-state index is 3.60. The number of benzene rings is 1. The van der Waals surface area contributed by atoms with Crippen molar-refractivity contribution in [3.8, 4) is 0 Å². The minimum Gasteiger partial charge on any atom is -0.315 e. The average molecular weight is 269 g/mol. The number of hydrogen-bond acceptors (Lipinski definition) is 2. The van der Waals surface area contributed by atoms with E-state index in [-0.39, 0.29) is 0 Å². The molecule has 0 fully saturated rings. The second-order valence-corrected chi connectivity index (χ2v) is 4.82. The number of nitrogens with one attached hydrogen (secondary N) is 2. The van der Waals surface area contributed by atoms with Crippen LogP contribution in [-0.2, 0) is 13.0 Å². The third kappa shape index (κ3) is 2.60. The van der Waals surface area contributed by atoms with Crippen LogP contribution in [0.2, 0.25) is 0 Å². The molecule has 0 saturated heterocycles. The Kier molecular flexibility index (Phi) is 3.78. The summed E-state index contributed by atoms with van der Waals surface area (Å²) in [7, 11) is 0. The van der Waals surface area contributed by atoms with Gasteiger partial charge >= 0.3 is 0 Å². The van der Waals surface area contributed by atoms with Gasteiger partial charge in [-0.15, -0.1) is 0 Å².